The zero-order valence-electron chi connectivity index (χ0n) is 6.31. The molecular formula is C9H12O. The Kier molecular flexibility index (Phi) is 4.26. The molecule has 0 bridgehead atoms. The molecule has 1 nitrogen and oxygen atoms in total. The van der Waals surface area contributed by atoms with Crippen LogP contribution >= 0.6 is 0 Å². The van der Waals surface area contributed by atoms with Gasteiger partial charge in [-0.1, -0.05) is 20.1 Å². The molecule has 0 saturated carbocycles. The first-order chi connectivity index (χ1) is 4.74. The first-order valence-corrected chi connectivity index (χ1v) is 3.27. The zero-order chi connectivity index (χ0) is 7.98. The number of carbonyl (C=O) groups is 1. The smallest absolute Gasteiger partial charge is 0.159 e. The van der Waals surface area contributed by atoms with Crippen LogP contribution in [0.3, 0.4) is 0 Å². The van der Waals surface area contributed by atoms with Crippen molar-refractivity contribution >= 4 is 5.78 Å². The topological polar surface area (TPSA) is 17.1 Å². The number of carbonyl (C=O) groups excluding carboxylic acids is 1. The molecule has 0 aliphatic heterocycles. The summed E-state index contributed by atoms with van der Waals surface area (Å²) >= 11 is 0. The van der Waals surface area contributed by atoms with Crippen LogP contribution < -0.4 is 0 Å². The average molecular weight is 136 g/mol. The van der Waals surface area contributed by atoms with Gasteiger partial charge in [0, 0.05) is 6.42 Å². The number of allylic oxidation sites excluding steroid dienone is 2. The molecule has 0 amide bonds. The van der Waals surface area contributed by atoms with Crippen LogP contribution in [-0.4, -0.2) is 5.78 Å². The Morgan fingerprint density at radius 1 is 1.70 bits per heavy atom. The fourth-order valence-corrected chi connectivity index (χ4v) is 0.595. The summed E-state index contributed by atoms with van der Waals surface area (Å²) in [6.07, 6.45) is 2.58. The predicted molar refractivity (Wildman–Crippen MR) is 42.8 cm³/mol. The van der Waals surface area contributed by atoms with E-state index in [4.69, 9.17) is 0 Å². The molecule has 0 aliphatic rings. The Morgan fingerprint density at radius 2 is 2.30 bits per heavy atom. The molecule has 0 heterocycles. The van der Waals surface area contributed by atoms with Gasteiger partial charge in [-0.15, -0.1) is 5.73 Å². The third-order valence-electron chi connectivity index (χ3n) is 1.29. The van der Waals surface area contributed by atoms with E-state index in [-0.39, 0.29) is 5.78 Å². The highest BCUT2D eigenvalue weighted by Gasteiger charge is 1.97. The van der Waals surface area contributed by atoms with Gasteiger partial charge in [-0.2, -0.15) is 0 Å². The van der Waals surface area contributed by atoms with Crippen molar-refractivity contribution in [1.82, 2.24) is 0 Å². The highest BCUT2D eigenvalue weighted by molar-refractivity contribution is 5.90. The standard InChI is InChI=1S/C9H12O/c1-4-8(5-2)7-9(10)6-3/h6H,1,3,5,7H2,2H3. The minimum Gasteiger partial charge on any atom is -0.294 e. The lowest BCUT2D eigenvalue weighted by Crippen LogP contribution is -1.92. The van der Waals surface area contributed by atoms with Crippen molar-refractivity contribution in [2.24, 2.45) is 0 Å². The van der Waals surface area contributed by atoms with E-state index in [1.54, 1.807) is 0 Å². The second kappa shape index (κ2) is 4.78. The van der Waals surface area contributed by atoms with Crippen LogP contribution in [0, 0.1) is 0 Å². The molecule has 0 aromatic rings. The van der Waals surface area contributed by atoms with Crippen molar-refractivity contribution in [3.05, 3.63) is 30.5 Å². The molecule has 0 rings (SSSR count). The normalized spacial score (nSPS) is 8.10. The van der Waals surface area contributed by atoms with E-state index >= 15 is 0 Å². The third-order valence-corrected chi connectivity index (χ3v) is 1.29. The number of hydrogen-bond acceptors (Lipinski definition) is 1. The molecule has 54 valence electrons. The third kappa shape index (κ3) is 3.06. The molecule has 1 heteroatoms. The van der Waals surface area contributed by atoms with Gasteiger partial charge in [0.2, 0.25) is 0 Å². The second-order valence-corrected chi connectivity index (χ2v) is 1.98. The van der Waals surface area contributed by atoms with Crippen molar-refractivity contribution in [2.45, 2.75) is 19.8 Å². The summed E-state index contributed by atoms with van der Waals surface area (Å²) in [6, 6.07) is 0. The Balaban J connectivity index is 4.00. The molecular weight excluding hydrogens is 124 g/mol. The van der Waals surface area contributed by atoms with Gasteiger partial charge in [0.15, 0.2) is 5.78 Å². The maximum absolute atomic E-state index is 10.7. The zero-order valence-corrected chi connectivity index (χ0v) is 6.31. The van der Waals surface area contributed by atoms with Gasteiger partial charge < -0.3 is 0 Å². The maximum Gasteiger partial charge on any atom is 0.159 e. The van der Waals surface area contributed by atoms with Crippen LogP contribution in [0.1, 0.15) is 19.8 Å². The van der Waals surface area contributed by atoms with Crippen molar-refractivity contribution in [3.63, 3.8) is 0 Å². The second-order valence-electron chi connectivity index (χ2n) is 1.98. The predicted octanol–water partition coefficient (Wildman–Crippen LogP) is 2.25. The van der Waals surface area contributed by atoms with Gasteiger partial charge in [0.25, 0.3) is 0 Å². The Bertz CT molecular complexity index is 183. The molecule has 0 radical (unpaired) electrons. The minimum absolute atomic E-state index is 0.0352. The van der Waals surface area contributed by atoms with Crippen molar-refractivity contribution in [1.29, 1.82) is 0 Å². The van der Waals surface area contributed by atoms with Gasteiger partial charge in [-0.05, 0) is 18.1 Å². The van der Waals surface area contributed by atoms with Crippen LogP contribution in [0.15, 0.2) is 30.5 Å². The number of ketones is 1. The lowest BCUT2D eigenvalue weighted by atomic mass is 10.1. The number of rotatable bonds is 4. The molecule has 0 fully saturated rings. The van der Waals surface area contributed by atoms with Gasteiger partial charge in [-0.25, -0.2) is 0 Å². The van der Waals surface area contributed by atoms with E-state index in [0.29, 0.717) is 6.42 Å². The maximum atomic E-state index is 10.7. The van der Waals surface area contributed by atoms with Crippen LogP contribution in [0.5, 0.6) is 0 Å². The summed E-state index contributed by atoms with van der Waals surface area (Å²) in [5, 5.41) is 0. The van der Waals surface area contributed by atoms with Crippen molar-refractivity contribution < 1.29 is 4.79 Å². The van der Waals surface area contributed by atoms with E-state index in [9.17, 15) is 4.79 Å². The molecule has 0 aromatic carbocycles. The highest BCUT2D eigenvalue weighted by atomic mass is 16.1. The highest BCUT2D eigenvalue weighted by Crippen LogP contribution is 2.04. The van der Waals surface area contributed by atoms with Gasteiger partial charge >= 0.3 is 0 Å². The van der Waals surface area contributed by atoms with Gasteiger partial charge in [-0.3, -0.25) is 4.79 Å². The molecule has 0 saturated heterocycles. The van der Waals surface area contributed by atoms with E-state index in [0.717, 1.165) is 12.0 Å². The van der Waals surface area contributed by atoms with Crippen LogP contribution in [-0.2, 0) is 4.79 Å². The number of hydrogen-bond donors (Lipinski definition) is 0. The monoisotopic (exact) mass is 136 g/mol. The summed E-state index contributed by atoms with van der Waals surface area (Å²) < 4.78 is 0. The Labute approximate surface area is 61.8 Å². The van der Waals surface area contributed by atoms with E-state index in [1.165, 1.54) is 6.08 Å². The molecule has 0 aliphatic carbocycles. The van der Waals surface area contributed by atoms with Crippen molar-refractivity contribution in [2.75, 3.05) is 0 Å². The SMILES string of the molecule is C=C=C(CC)CC(=O)C=C. The lowest BCUT2D eigenvalue weighted by Gasteiger charge is -1.94. The van der Waals surface area contributed by atoms with Gasteiger partial charge in [0.05, 0.1) is 0 Å². The summed E-state index contributed by atoms with van der Waals surface area (Å²) in [7, 11) is 0. The molecule has 0 unspecified atom stereocenters. The van der Waals surface area contributed by atoms with Gasteiger partial charge in [0.1, 0.15) is 0 Å². The van der Waals surface area contributed by atoms with Crippen LogP contribution in [0.2, 0.25) is 0 Å². The van der Waals surface area contributed by atoms with E-state index < -0.39 is 0 Å². The Morgan fingerprint density at radius 3 is 2.60 bits per heavy atom. The molecule has 10 heavy (non-hydrogen) atoms. The fraction of sp³-hybridized carbons (Fsp3) is 0.333. The van der Waals surface area contributed by atoms with Crippen molar-refractivity contribution in [3.8, 4) is 0 Å². The summed E-state index contributed by atoms with van der Waals surface area (Å²) in [6.45, 7) is 8.82. The molecule has 0 spiro atoms. The largest absolute Gasteiger partial charge is 0.294 e. The average Bonchev–Trinajstić information content (AvgIpc) is 1.99. The first kappa shape index (κ1) is 8.93. The summed E-state index contributed by atoms with van der Waals surface area (Å²) in [4.78, 5) is 10.7. The molecule has 0 N–H and O–H groups in total. The minimum atomic E-state index is 0.0352. The van der Waals surface area contributed by atoms with E-state index in [1.807, 2.05) is 6.92 Å². The van der Waals surface area contributed by atoms with E-state index in [2.05, 4.69) is 18.9 Å². The molecule has 0 aromatic heterocycles. The first-order valence-electron chi connectivity index (χ1n) is 3.27. The van der Waals surface area contributed by atoms with Crippen LogP contribution in [0.25, 0.3) is 0 Å². The summed E-state index contributed by atoms with van der Waals surface area (Å²) in [5.74, 6) is 0.0352. The quantitative estimate of drug-likeness (QED) is 0.428. The fourth-order valence-electron chi connectivity index (χ4n) is 0.595. The molecule has 0 atom stereocenters. The lowest BCUT2D eigenvalue weighted by molar-refractivity contribution is -0.114. The summed E-state index contributed by atoms with van der Waals surface area (Å²) in [5.41, 5.74) is 3.66. The Hall–Kier alpha value is -1.07. The van der Waals surface area contributed by atoms with Crippen LogP contribution in [0.4, 0.5) is 0 Å².